The predicted molar refractivity (Wildman–Crippen MR) is 71.8 cm³/mol. The SMILES string of the molecule is COCCC(N)C(=O)NCC1CN2CCCC2CO1. The molecule has 2 saturated heterocycles. The lowest BCUT2D eigenvalue weighted by Gasteiger charge is -2.35. The summed E-state index contributed by atoms with van der Waals surface area (Å²) in [5.41, 5.74) is 5.76. The number of nitrogens with zero attached hydrogens (tertiary/aromatic N) is 1. The number of fused-ring (bicyclic) bond motifs is 1. The van der Waals surface area contributed by atoms with E-state index in [2.05, 4.69) is 10.2 Å². The summed E-state index contributed by atoms with van der Waals surface area (Å²) in [5, 5.41) is 2.87. The summed E-state index contributed by atoms with van der Waals surface area (Å²) in [5.74, 6) is -0.121. The lowest BCUT2D eigenvalue weighted by molar-refractivity contribution is -0.124. The van der Waals surface area contributed by atoms with Crippen molar-refractivity contribution >= 4 is 5.91 Å². The van der Waals surface area contributed by atoms with Gasteiger partial charge in [0.2, 0.25) is 5.91 Å². The Bertz CT molecular complexity index is 301. The summed E-state index contributed by atoms with van der Waals surface area (Å²) >= 11 is 0. The fraction of sp³-hybridized carbons (Fsp3) is 0.923. The van der Waals surface area contributed by atoms with E-state index in [9.17, 15) is 4.79 Å². The van der Waals surface area contributed by atoms with Gasteiger partial charge in [0.25, 0.3) is 0 Å². The van der Waals surface area contributed by atoms with Gasteiger partial charge in [0.15, 0.2) is 0 Å². The van der Waals surface area contributed by atoms with Crippen LogP contribution in [0.4, 0.5) is 0 Å². The number of hydrogen-bond acceptors (Lipinski definition) is 5. The van der Waals surface area contributed by atoms with Gasteiger partial charge < -0.3 is 20.5 Å². The highest BCUT2D eigenvalue weighted by atomic mass is 16.5. The Balaban J connectivity index is 1.66. The molecule has 0 spiro atoms. The molecule has 0 aromatic heterocycles. The second kappa shape index (κ2) is 7.19. The van der Waals surface area contributed by atoms with Crippen molar-refractivity contribution in [3.63, 3.8) is 0 Å². The number of hydrogen-bond donors (Lipinski definition) is 2. The molecule has 2 rings (SSSR count). The number of rotatable bonds is 6. The van der Waals surface area contributed by atoms with Gasteiger partial charge in [-0.2, -0.15) is 0 Å². The predicted octanol–water partition coefficient (Wildman–Crippen LogP) is -0.670. The minimum Gasteiger partial charge on any atom is -0.385 e. The molecule has 110 valence electrons. The number of carbonyl (C=O) groups is 1. The number of nitrogens with one attached hydrogen (secondary N) is 1. The molecule has 0 aromatic rings. The first-order valence-corrected chi connectivity index (χ1v) is 7.08. The normalized spacial score (nSPS) is 28.9. The highest BCUT2D eigenvalue weighted by Crippen LogP contribution is 2.22. The molecule has 0 aliphatic carbocycles. The van der Waals surface area contributed by atoms with E-state index in [0.29, 0.717) is 25.6 Å². The van der Waals surface area contributed by atoms with Gasteiger partial charge in [-0.15, -0.1) is 0 Å². The van der Waals surface area contributed by atoms with Gasteiger partial charge >= 0.3 is 0 Å². The van der Waals surface area contributed by atoms with Crippen molar-refractivity contribution in [1.29, 1.82) is 0 Å². The van der Waals surface area contributed by atoms with Crippen LogP contribution in [0.5, 0.6) is 0 Å². The van der Waals surface area contributed by atoms with Crippen LogP contribution < -0.4 is 11.1 Å². The van der Waals surface area contributed by atoms with Crippen LogP contribution in [-0.2, 0) is 14.3 Å². The number of amides is 1. The summed E-state index contributed by atoms with van der Waals surface area (Å²) in [6, 6.07) is 0.0963. The van der Waals surface area contributed by atoms with Crippen LogP contribution >= 0.6 is 0 Å². The van der Waals surface area contributed by atoms with E-state index in [0.717, 1.165) is 19.7 Å². The molecule has 2 aliphatic rings. The summed E-state index contributed by atoms with van der Waals surface area (Å²) in [6.07, 6.45) is 3.13. The average Bonchev–Trinajstić information content (AvgIpc) is 2.89. The van der Waals surface area contributed by atoms with E-state index >= 15 is 0 Å². The van der Waals surface area contributed by atoms with E-state index in [4.69, 9.17) is 15.2 Å². The van der Waals surface area contributed by atoms with Crippen LogP contribution in [0.15, 0.2) is 0 Å². The fourth-order valence-electron chi connectivity index (χ4n) is 2.73. The molecule has 19 heavy (non-hydrogen) atoms. The van der Waals surface area contributed by atoms with Crippen LogP contribution in [0.1, 0.15) is 19.3 Å². The Morgan fingerprint density at radius 2 is 2.47 bits per heavy atom. The smallest absolute Gasteiger partial charge is 0.237 e. The molecule has 3 unspecified atom stereocenters. The fourth-order valence-corrected chi connectivity index (χ4v) is 2.73. The third-order valence-electron chi connectivity index (χ3n) is 3.94. The standard InChI is InChI=1S/C13H25N3O3/c1-18-6-4-12(14)13(17)15-7-11-8-16-5-2-3-10(16)9-19-11/h10-12H,2-9,14H2,1H3,(H,15,17). The Kier molecular flexibility index (Phi) is 5.57. The van der Waals surface area contributed by atoms with Gasteiger partial charge in [-0.05, 0) is 25.8 Å². The van der Waals surface area contributed by atoms with Gasteiger partial charge in [0.1, 0.15) is 0 Å². The van der Waals surface area contributed by atoms with E-state index < -0.39 is 6.04 Å². The monoisotopic (exact) mass is 271 g/mol. The molecule has 6 nitrogen and oxygen atoms in total. The van der Waals surface area contributed by atoms with Crippen molar-refractivity contribution in [1.82, 2.24) is 10.2 Å². The molecule has 3 N–H and O–H groups in total. The zero-order valence-electron chi connectivity index (χ0n) is 11.6. The molecule has 0 saturated carbocycles. The van der Waals surface area contributed by atoms with Crippen molar-refractivity contribution in [2.75, 3.05) is 40.0 Å². The molecule has 2 heterocycles. The van der Waals surface area contributed by atoms with Crippen molar-refractivity contribution in [3.05, 3.63) is 0 Å². The van der Waals surface area contributed by atoms with Crippen LogP contribution in [-0.4, -0.2) is 69.0 Å². The number of carbonyl (C=O) groups excluding carboxylic acids is 1. The van der Waals surface area contributed by atoms with Crippen molar-refractivity contribution in [2.45, 2.75) is 37.5 Å². The Labute approximate surface area is 114 Å². The first kappa shape index (κ1) is 14.7. The number of methoxy groups -OCH3 is 1. The lowest BCUT2D eigenvalue weighted by Crippen LogP contribution is -2.51. The highest BCUT2D eigenvalue weighted by Gasteiger charge is 2.32. The Morgan fingerprint density at radius 3 is 3.26 bits per heavy atom. The lowest BCUT2D eigenvalue weighted by atomic mass is 10.1. The van der Waals surface area contributed by atoms with E-state index in [1.807, 2.05) is 0 Å². The second-order valence-electron chi connectivity index (χ2n) is 5.38. The summed E-state index contributed by atoms with van der Waals surface area (Å²) in [7, 11) is 1.60. The van der Waals surface area contributed by atoms with Crippen LogP contribution in [0.25, 0.3) is 0 Å². The summed E-state index contributed by atoms with van der Waals surface area (Å²) < 4.78 is 10.7. The van der Waals surface area contributed by atoms with Gasteiger partial charge in [-0.25, -0.2) is 0 Å². The topological polar surface area (TPSA) is 76.8 Å². The van der Waals surface area contributed by atoms with E-state index in [-0.39, 0.29) is 12.0 Å². The van der Waals surface area contributed by atoms with Crippen molar-refractivity contribution in [3.8, 4) is 0 Å². The molecule has 0 bridgehead atoms. The molecular formula is C13H25N3O3. The molecule has 6 heteroatoms. The van der Waals surface area contributed by atoms with Crippen molar-refractivity contribution < 1.29 is 14.3 Å². The molecular weight excluding hydrogens is 246 g/mol. The largest absolute Gasteiger partial charge is 0.385 e. The molecule has 0 radical (unpaired) electrons. The first-order chi connectivity index (χ1) is 9.20. The van der Waals surface area contributed by atoms with E-state index in [1.165, 1.54) is 12.8 Å². The Hall–Kier alpha value is -0.690. The minimum absolute atomic E-state index is 0.0907. The number of morpholine rings is 1. The maximum atomic E-state index is 11.8. The van der Waals surface area contributed by atoms with Crippen molar-refractivity contribution in [2.24, 2.45) is 5.73 Å². The minimum atomic E-state index is -0.497. The quantitative estimate of drug-likeness (QED) is 0.670. The Morgan fingerprint density at radius 1 is 1.63 bits per heavy atom. The molecule has 0 aromatic carbocycles. The molecule has 3 atom stereocenters. The van der Waals surface area contributed by atoms with Crippen LogP contribution in [0.3, 0.4) is 0 Å². The molecule has 2 fully saturated rings. The van der Waals surface area contributed by atoms with E-state index in [1.54, 1.807) is 7.11 Å². The maximum Gasteiger partial charge on any atom is 0.237 e. The summed E-state index contributed by atoms with van der Waals surface area (Å²) in [6.45, 7) is 3.91. The van der Waals surface area contributed by atoms with Gasteiger partial charge in [0.05, 0.1) is 18.8 Å². The zero-order chi connectivity index (χ0) is 13.7. The molecule has 1 amide bonds. The third kappa shape index (κ3) is 4.14. The average molecular weight is 271 g/mol. The van der Waals surface area contributed by atoms with Crippen LogP contribution in [0, 0.1) is 0 Å². The molecule has 2 aliphatic heterocycles. The van der Waals surface area contributed by atoms with Gasteiger partial charge in [-0.3, -0.25) is 9.69 Å². The zero-order valence-corrected chi connectivity index (χ0v) is 11.6. The first-order valence-electron chi connectivity index (χ1n) is 7.08. The number of ether oxygens (including phenoxy) is 2. The van der Waals surface area contributed by atoms with Crippen LogP contribution in [0.2, 0.25) is 0 Å². The second-order valence-corrected chi connectivity index (χ2v) is 5.38. The summed E-state index contributed by atoms with van der Waals surface area (Å²) in [4.78, 5) is 14.2. The highest BCUT2D eigenvalue weighted by molar-refractivity contribution is 5.81. The maximum absolute atomic E-state index is 11.8. The number of nitrogens with two attached hydrogens (primary N) is 1. The third-order valence-corrected chi connectivity index (χ3v) is 3.94. The van der Waals surface area contributed by atoms with Gasteiger partial charge in [-0.1, -0.05) is 0 Å². The van der Waals surface area contributed by atoms with Gasteiger partial charge in [0, 0.05) is 32.8 Å².